The molecule has 0 radical (unpaired) electrons. The first-order valence-electron chi connectivity index (χ1n) is 10.5. The monoisotopic (exact) mass is 465 g/mol. The van der Waals surface area contributed by atoms with E-state index in [-0.39, 0.29) is 30.9 Å². The zero-order chi connectivity index (χ0) is 22.9. The van der Waals surface area contributed by atoms with Crippen LogP contribution in [0.2, 0.25) is 5.02 Å². The Morgan fingerprint density at radius 2 is 1.85 bits per heavy atom. The molecule has 4 aromatic rings. The summed E-state index contributed by atoms with van der Waals surface area (Å²) in [5.41, 5.74) is 2.28. The Morgan fingerprint density at radius 3 is 2.58 bits per heavy atom. The molecule has 0 aliphatic heterocycles. The van der Waals surface area contributed by atoms with Gasteiger partial charge < -0.3 is 9.32 Å². The Hall–Kier alpha value is -3.72. The van der Waals surface area contributed by atoms with Gasteiger partial charge in [-0.1, -0.05) is 53.2 Å². The summed E-state index contributed by atoms with van der Waals surface area (Å²) in [4.78, 5) is 27.2. The zero-order valence-electron chi connectivity index (χ0n) is 17.8. The van der Waals surface area contributed by atoms with E-state index in [1.54, 1.807) is 17.0 Å². The highest BCUT2D eigenvalue weighted by Gasteiger charge is 2.34. The number of nitrogens with zero attached hydrogens (tertiary/aromatic N) is 5. The Labute approximate surface area is 193 Å². The number of carbonyl (C=O) groups excluding carboxylic acids is 1. The lowest BCUT2D eigenvalue weighted by Crippen LogP contribution is -2.37. The van der Waals surface area contributed by atoms with Crippen LogP contribution in [0.25, 0.3) is 22.8 Å². The molecule has 9 nitrogen and oxygen atoms in total. The van der Waals surface area contributed by atoms with Crippen molar-refractivity contribution in [1.29, 1.82) is 0 Å². The van der Waals surface area contributed by atoms with Crippen LogP contribution in [-0.4, -0.2) is 36.8 Å². The summed E-state index contributed by atoms with van der Waals surface area (Å²) in [6.07, 6.45) is 1.75. The fraction of sp³-hybridized carbons (Fsp3) is 0.261. The van der Waals surface area contributed by atoms with Crippen molar-refractivity contribution in [3.8, 4) is 22.8 Å². The second-order valence-electron chi connectivity index (χ2n) is 7.91. The van der Waals surface area contributed by atoms with Crippen LogP contribution in [0.5, 0.6) is 0 Å². The molecular weight excluding hydrogens is 446 g/mol. The SMILES string of the molecule is Cc1ccccc1-c1noc(=O)n1CC(=O)N(Cc1nnc(-c2ccccc2Cl)o1)C1CC1. The number of aryl methyl sites for hydroxylation is 1. The number of rotatable bonds is 7. The lowest BCUT2D eigenvalue weighted by atomic mass is 10.1. The maximum Gasteiger partial charge on any atom is 0.442 e. The summed E-state index contributed by atoms with van der Waals surface area (Å²) in [6, 6.07) is 14.7. The number of halogens is 1. The molecule has 1 aliphatic carbocycles. The minimum Gasteiger partial charge on any atom is -0.419 e. The number of aromatic nitrogens is 4. The van der Waals surface area contributed by atoms with E-state index in [0.717, 1.165) is 24.0 Å². The first kappa shape index (κ1) is 21.1. The summed E-state index contributed by atoms with van der Waals surface area (Å²) in [7, 11) is 0. The highest BCUT2D eigenvalue weighted by molar-refractivity contribution is 6.33. The third-order valence-corrected chi connectivity index (χ3v) is 5.88. The minimum absolute atomic E-state index is 0.0608. The summed E-state index contributed by atoms with van der Waals surface area (Å²) in [5.74, 6) is -0.0369. The molecule has 33 heavy (non-hydrogen) atoms. The topological polar surface area (TPSA) is 107 Å². The quantitative estimate of drug-likeness (QED) is 0.409. The predicted molar refractivity (Wildman–Crippen MR) is 119 cm³/mol. The van der Waals surface area contributed by atoms with E-state index >= 15 is 0 Å². The molecule has 0 spiro atoms. The standard InChI is InChI=1S/C23H20ClN5O4/c1-14-6-2-3-7-16(14)21-27-33-23(31)29(21)13-20(30)28(15-10-11-15)12-19-25-26-22(32-19)17-8-4-5-9-18(17)24/h2-9,15H,10-13H2,1H3. The van der Waals surface area contributed by atoms with E-state index in [9.17, 15) is 9.59 Å². The van der Waals surface area contributed by atoms with Crippen LogP contribution in [0.3, 0.4) is 0 Å². The molecule has 0 bridgehead atoms. The fourth-order valence-corrected chi connectivity index (χ4v) is 3.88. The largest absolute Gasteiger partial charge is 0.442 e. The summed E-state index contributed by atoms with van der Waals surface area (Å²) in [6.45, 7) is 1.85. The summed E-state index contributed by atoms with van der Waals surface area (Å²) >= 11 is 6.22. The molecular formula is C23H20ClN5O4. The molecule has 1 saturated carbocycles. The average Bonchev–Trinajstić information content (AvgIpc) is 3.44. The normalized spacial score (nSPS) is 13.3. The average molecular weight is 466 g/mol. The van der Waals surface area contributed by atoms with Crippen molar-refractivity contribution in [2.24, 2.45) is 0 Å². The third-order valence-electron chi connectivity index (χ3n) is 5.55. The Morgan fingerprint density at radius 1 is 1.12 bits per heavy atom. The van der Waals surface area contributed by atoms with Crippen LogP contribution in [0.1, 0.15) is 24.3 Å². The number of benzene rings is 2. The van der Waals surface area contributed by atoms with Crippen LogP contribution < -0.4 is 5.76 Å². The molecule has 2 aromatic heterocycles. The highest BCUT2D eigenvalue weighted by atomic mass is 35.5. The van der Waals surface area contributed by atoms with Gasteiger partial charge in [-0.3, -0.25) is 9.32 Å². The van der Waals surface area contributed by atoms with Crippen molar-refractivity contribution >= 4 is 17.5 Å². The van der Waals surface area contributed by atoms with Gasteiger partial charge in [-0.25, -0.2) is 9.36 Å². The van der Waals surface area contributed by atoms with E-state index in [1.165, 1.54) is 4.57 Å². The lowest BCUT2D eigenvalue weighted by Gasteiger charge is -2.20. The van der Waals surface area contributed by atoms with Crippen molar-refractivity contribution in [3.05, 3.63) is 75.6 Å². The molecule has 0 atom stereocenters. The van der Waals surface area contributed by atoms with E-state index in [2.05, 4.69) is 15.4 Å². The molecule has 0 N–H and O–H groups in total. The fourth-order valence-electron chi connectivity index (χ4n) is 3.67. The van der Waals surface area contributed by atoms with Gasteiger partial charge >= 0.3 is 5.76 Å². The zero-order valence-corrected chi connectivity index (χ0v) is 18.5. The van der Waals surface area contributed by atoms with Crippen LogP contribution in [0, 0.1) is 6.92 Å². The minimum atomic E-state index is -0.684. The van der Waals surface area contributed by atoms with Gasteiger partial charge in [0.2, 0.25) is 17.7 Å². The molecule has 5 rings (SSSR count). The first-order valence-corrected chi connectivity index (χ1v) is 10.9. The molecule has 10 heteroatoms. The van der Waals surface area contributed by atoms with Gasteiger partial charge in [-0.15, -0.1) is 10.2 Å². The van der Waals surface area contributed by atoms with Gasteiger partial charge in [0.25, 0.3) is 0 Å². The Balaban J connectivity index is 1.38. The summed E-state index contributed by atoms with van der Waals surface area (Å²) in [5, 5.41) is 12.6. The molecule has 2 heterocycles. The van der Waals surface area contributed by atoms with Crippen LogP contribution in [0.4, 0.5) is 0 Å². The van der Waals surface area contributed by atoms with E-state index in [1.807, 2.05) is 43.3 Å². The maximum absolute atomic E-state index is 13.2. The smallest absolute Gasteiger partial charge is 0.419 e. The lowest BCUT2D eigenvalue weighted by molar-refractivity contribution is -0.133. The maximum atomic E-state index is 13.2. The van der Waals surface area contributed by atoms with Crippen molar-refractivity contribution < 1.29 is 13.7 Å². The molecule has 1 fully saturated rings. The molecule has 168 valence electrons. The number of amides is 1. The summed E-state index contributed by atoms with van der Waals surface area (Å²) < 4.78 is 11.9. The van der Waals surface area contributed by atoms with Gasteiger partial charge in [0.05, 0.1) is 17.1 Å². The van der Waals surface area contributed by atoms with Gasteiger partial charge in [0.1, 0.15) is 6.54 Å². The van der Waals surface area contributed by atoms with Gasteiger partial charge in [0.15, 0.2) is 5.82 Å². The second-order valence-corrected chi connectivity index (χ2v) is 8.31. The molecule has 1 amide bonds. The van der Waals surface area contributed by atoms with Crippen molar-refractivity contribution in [3.63, 3.8) is 0 Å². The highest BCUT2D eigenvalue weighted by Crippen LogP contribution is 2.30. The number of hydrogen-bond acceptors (Lipinski definition) is 7. The Bertz CT molecular complexity index is 1370. The van der Waals surface area contributed by atoms with E-state index < -0.39 is 5.76 Å². The molecule has 0 saturated heterocycles. The third kappa shape index (κ3) is 4.31. The first-order chi connectivity index (χ1) is 16.0. The van der Waals surface area contributed by atoms with Crippen molar-refractivity contribution in [1.82, 2.24) is 24.8 Å². The molecule has 0 unspecified atom stereocenters. The number of hydrogen-bond donors (Lipinski definition) is 0. The van der Waals surface area contributed by atoms with Crippen molar-refractivity contribution in [2.75, 3.05) is 0 Å². The van der Waals surface area contributed by atoms with Gasteiger partial charge in [-0.2, -0.15) is 0 Å². The van der Waals surface area contributed by atoms with Gasteiger partial charge in [0, 0.05) is 11.6 Å². The second kappa shape index (κ2) is 8.67. The predicted octanol–water partition coefficient (Wildman–Crippen LogP) is 3.71. The molecule has 2 aromatic carbocycles. The molecule has 1 aliphatic rings. The van der Waals surface area contributed by atoms with E-state index in [0.29, 0.717) is 22.3 Å². The van der Waals surface area contributed by atoms with Crippen LogP contribution in [0.15, 0.2) is 62.3 Å². The van der Waals surface area contributed by atoms with Gasteiger partial charge in [-0.05, 0) is 37.5 Å². The number of carbonyl (C=O) groups is 1. The Kier molecular flexibility index (Phi) is 5.55. The van der Waals surface area contributed by atoms with Crippen molar-refractivity contribution in [2.45, 2.75) is 38.9 Å². The van der Waals surface area contributed by atoms with E-state index in [4.69, 9.17) is 20.5 Å². The van der Waals surface area contributed by atoms with Crippen LogP contribution >= 0.6 is 11.6 Å². The van der Waals surface area contributed by atoms with Crippen LogP contribution in [-0.2, 0) is 17.9 Å².